The quantitative estimate of drug-likeness (QED) is 0.631. The Bertz CT molecular complexity index is 347. The first-order valence-corrected chi connectivity index (χ1v) is 6.66. The zero-order valence-electron chi connectivity index (χ0n) is 8.72. The number of benzene rings is 1. The van der Waals surface area contributed by atoms with E-state index < -0.39 is 0 Å². The summed E-state index contributed by atoms with van der Waals surface area (Å²) < 4.78 is 0. The minimum atomic E-state index is 0.662. The fourth-order valence-corrected chi connectivity index (χ4v) is 2.72. The van der Waals surface area contributed by atoms with Crippen LogP contribution in [0.2, 0.25) is 10.0 Å². The molecule has 0 aliphatic carbocycles. The molecule has 3 heteroatoms. The first kappa shape index (κ1) is 13.0. The summed E-state index contributed by atoms with van der Waals surface area (Å²) in [5, 5.41) is 1.34. The number of rotatable bonds is 5. The van der Waals surface area contributed by atoms with Gasteiger partial charge in [0.25, 0.3) is 0 Å². The fourth-order valence-electron chi connectivity index (χ4n) is 1.13. The summed E-state index contributed by atoms with van der Waals surface area (Å²) in [6, 6.07) is 5.52. The Morgan fingerprint density at radius 3 is 2.73 bits per heavy atom. The molecular formula is C12H14Cl2S. The van der Waals surface area contributed by atoms with Crippen molar-refractivity contribution in [1.82, 2.24) is 0 Å². The summed E-state index contributed by atoms with van der Waals surface area (Å²) >= 11 is 13.7. The average Bonchev–Trinajstić information content (AvgIpc) is 2.17. The van der Waals surface area contributed by atoms with Crippen LogP contribution in [0.5, 0.6) is 0 Å². The molecule has 1 rings (SSSR count). The number of halogens is 2. The van der Waals surface area contributed by atoms with Gasteiger partial charge < -0.3 is 0 Å². The molecule has 0 bridgehead atoms. The molecule has 0 fully saturated rings. The molecule has 0 heterocycles. The first-order chi connectivity index (χ1) is 7.15. The van der Waals surface area contributed by atoms with Gasteiger partial charge in [0.1, 0.15) is 0 Å². The van der Waals surface area contributed by atoms with Crippen molar-refractivity contribution in [2.75, 3.05) is 5.75 Å². The van der Waals surface area contributed by atoms with Gasteiger partial charge in [-0.1, -0.05) is 49.2 Å². The summed E-state index contributed by atoms with van der Waals surface area (Å²) in [7, 11) is 0. The number of hydrogen-bond donors (Lipinski definition) is 0. The van der Waals surface area contributed by atoms with Crippen LogP contribution in [-0.4, -0.2) is 5.75 Å². The third-order valence-electron chi connectivity index (χ3n) is 2.01. The Hall–Kier alpha value is -0.110. The Balaban J connectivity index is 2.65. The molecule has 0 spiro atoms. The van der Waals surface area contributed by atoms with E-state index in [1.54, 1.807) is 17.8 Å². The molecule has 0 unspecified atom stereocenters. The second kappa shape index (κ2) is 6.47. The molecule has 0 N–H and O–H groups in total. The second-order valence-electron chi connectivity index (χ2n) is 3.25. The van der Waals surface area contributed by atoms with Gasteiger partial charge in [0, 0.05) is 15.5 Å². The molecule has 0 aliphatic rings. The van der Waals surface area contributed by atoms with Gasteiger partial charge in [-0.15, -0.1) is 11.8 Å². The van der Waals surface area contributed by atoms with Crippen LogP contribution in [0.1, 0.15) is 25.3 Å². The van der Waals surface area contributed by atoms with Crippen LogP contribution < -0.4 is 0 Å². The van der Waals surface area contributed by atoms with Crippen molar-refractivity contribution in [3.63, 3.8) is 0 Å². The summed E-state index contributed by atoms with van der Waals surface area (Å²) in [4.78, 5) is 1.02. The van der Waals surface area contributed by atoms with E-state index in [0.29, 0.717) is 10.0 Å². The molecule has 0 aromatic heterocycles. The molecule has 0 atom stereocenters. The lowest BCUT2D eigenvalue weighted by molar-refractivity contribution is 0.898. The largest absolute Gasteiger partial charge is 0.126 e. The van der Waals surface area contributed by atoms with Gasteiger partial charge in [0.05, 0.1) is 5.02 Å². The molecule has 0 saturated heterocycles. The van der Waals surface area contributed by atoms with Gasteiger partial charge in [0.15, 0.2) is 0 Å². The number of unbranched alkanes of at least 4 members (excludes halogenated alkanes) is 1. The van der Waals surface area contributed by atoms with Crippen molar-refractivity contribution < 1.29 is 0 Å². The topological polar surface area (TPSA) is 0 Å². The molecule has 0 aliphatic heterocycles. The average molecular weight is 261 g/mol. The van der Waals surface area contributed by atoms with Gasteiger partial charge >= 0.3 is 0 Å². The van der Waals surface area contributed by atoms with Crippen molar-refractivity contribution in [2.45, 2.75) is 19.8 Å². The molecule has 0 amide bonds. The standard InChI is InChI=1S/C12H14Cl2S/c1-3-4-7-15-9(2)11-6-5-10(13)8-12(11)14/h5-6,8H,2-4,7H2,1H3. The Morgan fingerprint density at radius 2 is 2.13 bits per heavy atom. The molecule has 0 nitrogen and oxygen atoms in total. The van der Waals surface area contributed by atoms with Crippen molar-refractivity contribution >= 4 is 39.9 Å². The normalized spacial score (nSPS) is 10.3. The van der Waals surface area contributed by atoms with Crippen LogP contribution in [0.25, 0.3) is 4.91 Å². The van der Waals surface area contributed by atoms with E-state index in [4.69, 9.17) is 23.2 Å². The molecule has 82 valence electrons. The summed E-state index contributed by atoms with van der Waals surface area (Å²) in [6.45, 7) is 6.20. The Kier molecular flexibility index (Phi) is 5.59. The fraction of sp³-hybridized carbons (Fsp3) is 0.333. The van der Waals surface area contributed by atoms with Gasteiger partial charge in [-0.2, -0.15) is 0 Å². The smallest absolute Gasteiger partial charge is 0.0504 e. The van der Waals surface area contributed by atoms with Crippen LogP contribution in [-0.2, 0) is 0 Å². The molecule has 1 aromatic carbocycles. The van der Waals surface area contributed by atoms with E-state index in [9.17, 15) is 0 Å². The SMILES string of the molecule is C=C(SCCCC)c1ccc(Cl)cc1Cl. The molecule has 0 saturated carbocycles. The van der Waals surface area contributed by atoms with Crippen molar-refractivity contribution in [1.29, 1.82) is 0 Å². The molecule has 15 heavy (non-hydrogen) atoms. The van der Waals surface area contributed by atoms with Gasteiger partial charge in [-0.3, -0.25) is 0 Å². The van der Waals surface area contributed by atoms with Crippen LogP contribution in [0.15, 0.2) is 24.8 Å². The van der Waals surface area contributed by atoms with Crippen LogP contribution >= 0.6 is 35.0 Å². The van der Waals surface area contributed by atoms with Crippen LogP contribution in [0.4, 0.5) is 0 Å². The number of hydrogen-bond acceptors (Lipinski definition) is 1. The Morgan fingerprint density at radius 1 is 1.40 bits per heavy atom. The zero-order chi connectivity index (χ0) is 11.3. The molecule has 1 aromatic rings. The predicted octanol–water partition coefficient (Wildman–Crippen LogP) is 5.50. The highest BCUT2D eigenvalue weighted by molar-refractivity contribution is 8.08. The lowest BCUT2D eigenvalue weighted by atomic mass is 10.2. The number of thioether (sulfide) groups is 1. The van der Waals surface area contributed by atoms with Gasteiger partial charge in [0.2, 0.25) is 0 Å². The van der Waals surface area contributed by atoms with E-state index in [1.807, 2.05) is 12.1 Å². The summed E-state index contributed by atoms with van der Waals surface area (Å²) in [5.41, 5.74) is 0.988. The zero-order valence-corrected chi connectivity index (χ0v) is 11.1. The third kappa shape index (κ3) is 4.10. The van der Waals surface area contributed by atoms with E-state index >= 15 is 0 Å². The van der Waals surface area contributed by atoms with Crippen molar-refractivity contribution in [2.24, 2.45) is 0 Å². The minimum Gasteiger partial charge on any atom is -0.126 e. The highest BCUT2D eigenvalue weighted by atomic mass is 35.5. The summed E-state index contributed by atoms with van der Waals surface area (Å²) in [6.07, 6.45) is 2.41. The maximum Gasteiger partial charge on any atom is 0.0504 e. The Labute approximate surface area is 106 Å². The van der Waals surface area contributed by atoms with Crippen LogP contribution in [0, 0.1) is 0 Å². The van der Waals surface area contributed by atoms with Crippen LogP contribution in [0.3, 0.4) is 0 Å². The van der Waals surface area contributed by atoms with Gasteiger partial charge in [-0.25, -0.2) is 0 Å². The van der Waals surface area contributed by atoms with Crippen molar-refractivity contribution in [3.05, 3.63) is 40.4 Å². The highest BCUT2D eigenvalue weighted by Crippen LogP contribution is 2.33. The van der Waals surface area contributed by atoms with E-state index in [-0.39, 0.29) is 0 Å². The summed E-state index contributed by atoms with van der Waals surface area (Å²) in [5.74, 6) is 1.09. The van der Waals surface area contributed by atoms with E-state index in [0.717, 1.165) is 16.2 Å². The lowest BCUT2D eigenvalue weighted by Gasteiger charge is -2.07. The minimum absolute atomic E-state index is 0.662. The third-order valence-corrected chi connectivity index (χ3v) is 3.61. The second-order valence-corrected chi connectivity index (χ2v) is 5.28. The maximum atomic E-state index is 6.08. The first-order valence-electron chi connectivity index (χ1n) is 4.92. The molecule has 0 radical (unpaired) electrons. The van der Waals surface area contributed by atoms with E-state index in [2.05, 4.69) is 13.5 Å². The van der Waals surface area contributed by atoms with E-state index in [1.165, 1.54) is 12.8 Å². The molecular weight excluding hydrogens is 247 g/mol. The monoisotopic (exact) mass is 260 g/mol. The lowest BCUT2D eigenvalue weighted by Crippen LogP contribution is -1.83. The predicted molar refractivity (Wildman–Crippen MR) is 72.9 cm³/mol. The van der Waals surface area contributed by atoms with Gasteiger partial charge in [-0.05, 0) is 24.3 Å². The highest BCUT2D eigenvalue weighted by Gasteiger charge is 2.05. The maximum absolute atomic E-state index is 6.08. The van der Waals surface area contributed by atoms with Crippen molar-refractivity contribution in [3.8, 4) is 0 Å².